The van der Waals surface area contributed by atoms with Crippen LogP contribution >= 0.6 is 0 Å². The van der Waals surface area contributed by atoms with Gasteiger partial charge in [0, 0.05) is 19.5 Å². The molecule has 5 heteroatoms. The van der Waals surface area contributed by atoms with Crippen LogP contribution in [0.3, 0.4) is 0 Å². The van der Waals surface area contributed by atoms with Crippen LogP contribution in [0.25, 0.3) is 10.8 Å². The van der Waals surface area contributed by atoms with Gasteiger partial charge in [-0.1, -0.05) is 18.2 Å². The Balaban J connectivity index is 2.66. The molecule has 1 aromatic heterocycles. The van der Waals surface area contributed by atoms with Gasteiger partial charge in [0.05, 0.1) is 5.39 Å². The van der Waals surface area contributed by atoms with Gasteiger partial charge < -0.3 is 5.43 Å². The first-order chi connectivity index (χ1) is 7.18. The van der Waals surface area contributed by atoms with Gasteiger partial charge in [0.25, 0.3) is 5.56 Å². The molecule has 1 aromatic carbocycles. The second-order valence-corrected chi connectivity index (χ2v) is 3.45. The quantitative estimate of drug-likeness (QED) is 0.711. The number of fused-ring (bicyclic) bond motifs is 1. The summed E-state index contributed by atoms with van der Waals surface area (Å²) in [7, 11) is 3.73. The highest BCUT2D eigenvalue weighted by molar-refractivity contribution is 5.90. The third-order valence-corrected chi connectivity index (χ3v) is 2.03. The van der Waals surface area contributed by atoms with E-state index >= 15 is 0 Å². The van der Waals surface area contributed by atoms with Crippen molar-refractivity contribution < 1.29 is 0 Å². The van der Waals surface area contributed by atoms with Crippen molar-refractivity contribution in [3.8, 4) is 0 Å². The Morgan fingerprint density at radius 2 is 1.93 bits per heavy atom. The smallest absolute Gasteiger partial charge is 0.272 e. The number of rotatable bonds is 2. The number of hydrogen-bond donors (Lipinski definition) is 2. The fraction of sp³-hybridized carbons (Fsp3) is 0.200. The van der Waals surface area contributed by atoms with E-state index in [1.165, 1.54) is 0 Å². The maximum absolute atomic E-state index is 11.5. The van der Waals surface area contributed by atoms with E-state index in [1.54, 1.807) is 11.1 Å². The molecule has 0 saturated heterocycles. The molecule has 0 saturated carbocycles. The Labute approximate surface area is 86.7 Å². The van der Waals surface area contributed by atoms with Crippen LogP contribution in [0.5, 0.6) is 0 Å². The number of anilines is 1. The fourth-order valence-electron chi connectivity index (χ4n) is 1.41. The molecule has 0 aliphatic heterocycles. The third kappa shape index (κ3) is 1.82. The molecule has 2 aromatic rings. The van der Waals surface area contributed by atoms with Crippen molar-refractivity contribution in [3.63, 3.8) is 0 Å². The van der Waals surface area contributed by atoms with Crippen LogP contribution in [-0.2, 0) is 0 Å². The van der Waals surface area contributed by atoms with Gasteiger partial charge in [0.1, 0.15) is 0 Å². The number of benzene rings is 1. The third-order valence-electron chi connectivity index (χ3n) is 2.03. The minimum Gasteiger partial charge on any atom is -0.302 e. The standard InChI is InChI=1S/C10H12N4O/c1-14(2)13-9-7-5-3-4-6-8(7)10(15)12-11-9/h3-6H,1-2H3,(H,11,13)(H,12,15). The number of H-pyrrole nitrogens is 1. The summed E-state index contributed by atoms with van der Waals surface area (Å²) in [5.41, 5.74) is 2.86. The molecule has 0 bridgehead atoms. The van der Waals surface area contributed by atoms with E-state index in [0.29, 0.717) is 11.2 Å². The summed E-state index contributed by atoms with van der Waals surface area (Å²) >= 11 is 0. The summed E-state index contributed by atoms with van der Waals surface area (Å²) in [5.74, 6) is 0.648. The van der Waals surface area contributed by atoms with Crippen LogP contribution in [0, 0.1) is 0 Å². The molecule has 0 aliphatic carbocycles. The molecule has 78 valence electrons. The number of hydrazine groups is 1. The van der Waals surface area contributed by atoms with E-state index in [9.17, 15) is 4.79 Å². The van der Waals surface area contributed by atoms with E-state index < -0.39 is 0 Å². The molecule has 0 spiro atoms. The summed E-state index contributed by atoms with van der Waals surface area (Å²) < 4.78 is 0. The molecule has 5 nitrogen and oxygen atoms in total. The number of hydrogen-bond acceptors (Lipinski definition) is 4. The number of nitrogens with one attached hydrogen (secondary N) is 2. The normalized spacial score (nSPS) is 10.9. The maximum Gasteiger partial charge on any atom is 0.272 e. The predicted octanol–water partition coefficient (Wildman–Crippen LogP) is 0.812. The highest BCUT2D eigenvalue weighted by Crippen LogP contribution is 2.16. The largest absolute Gasteiger partial charge is 0.302 e. The molecule has 0 amide bonds. The Morgan fingerprint density at radius 1 is 1.27 bits per heavy atom. The van der Waals surface area contributed by atoms with Gasteiger partial charge in [-0.3, -0.25) is 4.79 Å². The number of aromatic amines is 1. The first-order valence-corrected chi connectivity index (χ1v) is 4.60. The van der Waals surface area contributed by atoms with Gasteiger partial charge in [-0.25, -0.2) is 10.1 Å². The van der Waals surface area contributed by atoms with E-state index in [2.05, 4.69) is 15.6 Å². The zero-order valence-corrected chi connectivity index (χ0v) is 8.61. The summed E-state index contributed by atoms with van der Waals surface area (Å²) in [6.45, 7) is 0. The van der Waals surface area contributed by atoms with Gasteiger partial charge in [-0.15, -0.1) is 0 Å². The SMILES string of the molecule is CN(C)Nc1n[nH]c(=O)c2ccccc12. The molecule has 0 unspecified atom stereocenters. The van der Waals surface area contributed by atoms with Crippen LogP contribution < -0.4 is 11.0 Å². The highest BCUT2D eigenvalue weighted by Gasteiger charge is 2.05. The molecule has 0 atom stereocenters. The highest BCUT2D eigenvalue weighted by atomic mass is 16.1. The van der Waals surface area contributed by atoms with E-state index in [-0.39, 0.29) is 5.56 Å². The molecule has 15 heavy (non-hydrogen) atoms. The second kappa shape index (κ2) is 3.70. The lowest BCUT2D eigenvalue weighted by Crippen LogP contribution is -2.22. The van der Waals surface area contributed by atoms with Gasteiger partial charge in [-0.05, 0) is 6.07 Å². The van der Waals surface area contributed by atoms with E-state index in [0.717, 1.165) is 5.39 Å². The Kier molecular flexibility index (Phi) is 2.39. The van der Waals surface area contributed by atoms with Crippen LogP contribution in [0.4, 0.5) is 5.82 Å². The topological polar surface area (TPSA) is 61.0 Å². The second-order valence-electron chi connectivity index (χ2n) is 3.45. The van der Waals surface area contributed by atoms with Crippen LogP contribution in [0.1, 0.15) is 0 Å². The van der Waals surface area contributed by atoms with Gasteiger partial charge >= 0.3 is 0 Å². The zero-order chi connectivity index (χ0) is 10.8. The summed E-state index contributed by atoms with van der Waals surface area (Å²) in [4.78, 5) is 11.5. The van der Waals surface area contributed by atoms with Gasteiger partial charge in [0.2, 0.25) is 0 Å². The average molecular weight is 204 g/mol. The van der Waals surface area contributed by atoms with Crippen molar-refractivity contribution in [2.75, 3.05) is 19.5 Å². The molecule has 2 N–H and O–H groups in total. The van der Waals surface area contributed by atoms with E-state index in [4.69, 9.17) is 0 Å². The Morgan fingerprint density at radius 3 is 2.60 bits per heavy atom. The summed E-state index contributed by atoms with van der Waals surface area (Å²) in [6.07, 6.45) is 0. The van der Waals surface area contributed by atoms with Crippen molar-refractivity contribution in [1.29, 1.82) is 0 Å². The van der Waals surface area contributed by atoms with Crippen LogP contribution in [0.2, 0.25) is 0 Å². The van der Waals surface area contributed by atoms with Gasteiger partial charge in [-0.2, -0.15) is 5.10 Å². The molecular formula is C10H12N4O. The minimum absolute atomic E-state index is 0.171. The fourth-order valence-corrected chi connectivity index (χ4v) is 1.41. The zero-order valence-electron chi connectivity index (χ0n) is 8.61. The lowest BCUT2D eigenvalue weighted by Gasteiger charge is -2.13. The molecule has 0 radical (unpaired) electrons. The van der Waals surface area contributed by atoms with Crippen molar-refractivity contribution in [1.82, 2.24) is 15.2 Å². The van der Waals surface area contributed by atoms with Crippen molar-refractivity contribution >= 4 is 16.6 Å². The van der Waals surface area contributed by atoms with Gasteiger partial charge in [0.15, 0.2) is 5.82 Å². The monoisotopic (exact) mass is 204 g/mol. The maximum atomic E-state index is 11.5. The number of aromatic nitrogens is 2. The number of nitrogens with zero attached hydrogens (tertiary/aromatic N) is 2. The van der Waals surface area contributed by atoms with Crippen molar-refractivity contribution in [2.45, 2.75) is 0 Å². The lowest BCUT2D eigenvalue weighted by molar-refractivity contribution is 0.492. The first-order valence-electron chi connectivity index (χ1n) is 4.60. The molecule has 2 rings (SSSR count). The Bertz CT molecular complexity index is 532. The summed E-state index contributed by atoms with van der Waals surface area (Å²) in [5, 5.41) is 9.63. The van der Waals surface area contributed by atoms with Crippen LogP contribution in [0.15, 0.2) is 29.1 Å². The van der Waals surface area contributed by atoms with Crippen LogP contribution in [-0.4, -0.2) is 29.3 Å². The van der Waals surface area contributed by atoms with Crippen molar-refractivity contribution in [2.24, 2.45) is 0 Å². The molecular weight excluding hydrogens is 192 g/mol. The molecule has 0 fully saturated rings. The average Bonchev–Trinajstić information content (AvgIpc) is 2.22. The summed E-state index contributed by atoms with van der Waals surface area (Å²) in [6, 6.07) is 7.35. The van der Waals surface area contributed by atoms with E-state index in [1.807, 2.05) is 32.3 Å². The predicted molar refractivity (Wildman–Crippen MR) is 59.7 cm³/mol. The minimum atomic E-state index is -0.171. The molecule has 0 aliphatic rings. The Hall–Kier alpha value is -1.88. The molecule has 1 heterocycles. The lowest BCUT2D eigenvalue weighted by atomic mass is 10.2. The van der Waals surface area contributed by atoms with Crippen molar-refractivity contribution in [3.05, 3.63) is 34.6 Å². The first kappa shape index (κ1) is 9.67.